The van der Waals surface area contributed by atoms with Gasteiger partial charge < -0.3 is 10.0 Å². The third-order valence-corrected chi connectivity index (χ3v) is 4.47. The van der Waals surface area contributed by atoms with Crippen molar-refractivity contribution in [3.63, 3.8) is 0 Å². The van der Waals surface area contributed by atoms with E-state index in [-0.39, 0.29) is 24.5 Å². The van der Waals surface area contributed by atoms with Gasteiger partial charge in [0.2, 0.25) is 5.91 Å². The minimum absolute atomic E-state index is 0.0565. The first kappa shape index (κ1) is 12.4. The second kappa shape index (κ2) is 5.15. The predicted octanol–water partition coefficient (Wildman–Crippen LogP) is 2.83. The van der Waals surface area contributed by atoms with E-state index in [1.54, 1.807) is 11.3 Å². The number of β-lactam (4-membered cyclic amide) rings is 1. The highest BCUT2D eigenvalue weighted by Gasteiger charge is 2.48. The number of carbonyl (C=O) groups is 1. The summed E-state index contributed by atoms with van der Waals surface area (Å²) in [5.74, 6) is 0.0162. The van der Waals surface area contributed by atoms with Crippen molar-refractivity contribution in [2.45, 2.75) is 12.5 Å². The van der Waals surface area contributed by atoms with Crippen LogP contribution < -0.4 is 4.90 Å². The fourth-order valence-electron chi connectivity index (χ4n) is 2.63. The van der Waals surface area contributed by atoms with Crippen LogP contribution in [-0.4, -0.2) is 17.6 Å². The number of aliphatic hydroxyl groups is 1. The molecule has 0 radical (unpaired) electrons. The zero-order valence-electron chi connectivity index (χ0n) is 10.4. The predicted molar refractivity (Wildman–Crippen MR) is 76.2 cm³/mol. The zero-order valence-corrected chi connectivity index (χ0v) is 11.2. The maximum atomic E-state index is 12.3. The third-order valence-electron chi connectivity index (χ3n) is 3.52. The number of nitrogens with zero attached hydrogens (tertiary/aromatic N) is 1. The summed E-state index contributed by atoms with van der Waals surface area (Å²) in [5.41, 5.74) is 0.931. The van der Waals surface area contributed by atoms with Crippen LogP contribution in [0.4, 0.5) is 5.69 Å². The standard InChI is InChI=1S/C15H15NO2S/c17-9-8-12-14(13-7-4-10-19-13)16(15(12)18)11-5-2-1-3-6-11/h1-7,10,12,14,17H,8-9H2/t12-,14-/m1/s1. The molecule has 1 aliphatic heterocycles. The largest absolute Gasteiger partial charge is 0.396 e. The number of hydrogen-bond donors (Lipinski definition) is 1. The number of carbonyl (C=O) groups excluding carboxylic acids is 1. The topological polar surface area (TPSA) is 40.5 Å². The SMILES string of the molecule is O=C1[C@H](CCO)[C@H](c2cccs2)N1c1ccccc1. The molecular weight excluding hydrogens is 258 g/mol. The maximum absolute atomic E-state index is 12.3. The van der Waals surface area contributed by atoms with E-state index >= 15 is 0 Å². The van der Waals surface area contributed by atoms with Gasteiger partial charge in [0.15, 0.2) is 0 Å². The van der Waals surface area contributed by atoms with Crippen LogP contribution in [0, 0.1) is 5.92 Å². The number of anilines is 1. The molecule has 0 saturated carbocycles. The summed E-state index contributed by atoms with van der Waals surface area (Å²) in [6.07, 6.45) is 0.532. The van der Waals surface area contributed by atoms with Gasteiger partial charge in [-0.1, -0.05) is 24.3 Å². The van der Waals surface area contributed by atoms with Gasteiger partial charge >= 0.3 is 0 Å². The lowest BCUT2D eigenvalue weighted by molar-refractivity contribution is -0.131. The van der Waals surface area contributed by atoms with Gasteiger partial charge in [0.05, 0.1) is 12.0 Å². The van der Waals surface area contributed by atoms with Crippen LogP contribution >= 0.6 is 11.3 Å². The molecule has 3 nitrogen and oxygen atoms in total. The molecule has 19 heavy (non-hydrogen) atoms. The molecule has 1 aromatic heterocycles. The van der Waals surface area contributed by atoms with E-state index in [0.29, 0.717) is 6.42 Å². The molecule has 0 spiro atoms. The van der Waals surface area contributed by atoms with Crippen molar-refractivity contribution in [1.29, 1.82) is 0 Å². The number of benzene rings is 1. The lowest BCUT2D eigenvalue weighted by Gasteiger charge is -2.46. The quantitative estimate of drug-likeness (QED) is 0.870. The van der Waals surface area contributed by atoms with Gasteiger partial charge in [-0.2, -0.15) is 0 Å². The Kier molecular flexibility index (Phi) is 3.36. The molecule has 2 atom stereocenters. The summed E-state index contributed by atoms with van der Waals surface area (Å²) in [7, 11) is 0. The lowest BCUT2D eigenvalue weighted by Crippen LogP contribution is -2.55. The van der Waals surface area contributed by atoms with E-state index in [0.717, 1.165) is 5.69 Å². The van der Waals surface area contributed by atoms with E-state index < -0.39 is 0 Å². The highest BCUT2D eigenvalue weighted by atomic mass is 32.1. The Morgan fingerprint density at radius 3 is 2.58 bits per heavy atom. The molecule has 2 aromatic rings. The molecule has 1 N–H and O–H groups in total. The molecule has 98 valence electrons. The highest BCUT2D eigenvalue weighted by Crippen LogP contribution is 2.46. The molecule has 0 unspecified atom stereocenters. The van der Waals surface area contributed by atoms with Crippen molar-refractivity contribution in [2.24, 2.45) is 5.92 Å². The van der Waals surface area contributed by atoms with Crippen molar-refractivity contribution in [3.05, 3.63) is 52.7 Å². The van der Waals surface area contributed by atoms with Gasteiger partial charge in [0.25, 0.3) is 0 Å². The van der Waals surface area contributed by atoms with Gasteiger partial charge in [-0.05, 0) is 30.0 Å². The molecule has 1 amide bonds. The summed E-state index contributed by atoms with van der Waals surface area (Å²) in [5, 5.41) is 11.1. The molecule has 1 aliphatic rings. The average molecular weight is 273 g/mol. The van der Waals surface area contributed by atoms with Crippen LogP contribution in [0.15, 0.2) is 47.8 Å². The summed E-state index contributed by atoms with van der Waals surface area (Å²) in [4.78, 5) is 15.3. The van der Waals surface area contributed by atoms with Crippen molar-refractivity contribution in [3.8, 4) is 0 Å². The first-order valence-electron chi connectivity index (χ1n) is 6.35. The number of rotatable bonds is 4. The van der Waals surface area contributed by atoms with Crippen LogP contribution in [0.3, 0.4) is 0 Å². The van der Waals surface area contributed by atoms with Crippen LogP contribution in [0.5, 0.6) is 0 Å². The van der Waals surface area contributed by atoms with E-state index in [4.69, 9.17) is 5.11 Å². The van der Waals surface area contributed by atoms with Crippen molar-refractivity contribution < 1.29 is 9.90 Å². The van der Waals surface area contributed by atoms with Crippen LogP contribution in [0.2, 0.25) is 0 Å². The van der Waals surface area contributed by atoms with Gasteiger partial charge in [-0.15, -0.1) is 11.3 Å². The van der Waals surface area contributed by atoms with E-state index in [2.05, 4.69) is 6.07 Å². The van der Waals surface area contributed by atoms with Crippen molar-refractivity contribution >= 4 is 22.9 Å². The first-order chi connectivity index (χ1) is 9.33. The van der Waals surface area contributed by atoms with Crippen molar-refractivity contribution in [1.82, 2.24) is 0 Å². The molecule has 1 aromatic carbocycles. The molecule has 3 rings (SSSR count). The number of hydrogen-bond acceptors (Lipinski definition) is 3. The third kappa shape index (κ3) is 2.07. The fourth-order valence-corrected chi connectivity index (χ4v) is 3.51. The number of aliphatic hydroxyl groups excluding tert-OH is 1. The summed E-state index contributed by atoms with van der Waals surface area (Å²) in [6.45, 7) is 0.0565. The van der Waals surface area contributed by atoms with Gasteiger partial charge in [-0.25, -0.2) is 0 Å². The first-order valence-corrected chi connectivity index (χ1v) is 7.23. The molecule has 2 heterocycles. The smallest absolute Gasteiger partial charge is 0.233 e. The molecule has 1 saturated heterocycles. The second-order valence-corrected chi connectivity index (χ2v) is 5.60. The second-order valence-electron chi connectivity index (χ2n) is 4.62. The molecule has 0 aliphatic carbocycles. The zero-order chi connectivity index (χ0) is 13.2. The number of para-hydroxylation sites is 1. The maximum Gasteiger partial charge on any atom is 0.233 e. The number of amides is 1. The Labute approximate surface area is 116 Å². The highest BCUT2D eigenvalue weighted by molar-refractivity contribution is 7.10. The molecule has 4 heteroatoms. The Bertz CT molecular complexity index is 553. The summed E-state index contributed by atoms with van der Waals surface area (Å²) >= 11 is 1.66. The van der Waals surface area contributed by atoms with Gasteiger partial charge in [0, 0.05) is 17.2 Å². The minimum atomic E-state index is -0.0937. The summed E-state index contributed by atoms with van der Waals surface area (Å²) < 4.78 is 0. The number of thiophene rings is 1. The molecular formula is C15H15NO2S. The average Bonchev–Trinajstić information content (AvgIpc) is 2.96. The minimum Gasteiger partial charge on any atom is -0.396 e. The van der Waals surface area contributed by atoms with Crippen LogP contribution in [-0.2, 0) is 4.79 Å². The molecule has 1 fully saturated rings. The summed E-state index contributed by atoms with van der Waals surface area (Å²) in [6, 6.07) is 13.9. The normalized spacial score (nSPS) is 22.4. The Balaban J connectivity index is 1.93. The fraction of sp³-hybridized carbons (Fsp3) is 0.267. The van der Waals surface area contributed by atoms with Gasteiger partial charge in [-0.3, -0.25) is 4.79 Å². The van der Waals surface area contributed by atoms with Crippen LogP contribution in [0.1, 0.15) is 17.3 Å². The van der Waals surface area contributed by atoms with E-state index in [1.807, 2.05) is 46.7 Å². The van der Waals surface area contributed by atoms with Crippen molar-refractivity contribution in [2.75, 3.05) is 11.5 Å². The van der Waals surface area contributed by atoms with E-state index in [9.17, 15) is 4.79 Å². The lowest BCUT2D eigenvalue weighted by atomic mass is 9.83. The Morgan fingerprint density at radius 1 is 1.16 bits per heavy atom. The monoisotopic (exact) mass is 273 g/mol. The Morgan fingerprint density at radius 2 is 1.95 bits per heavy atom. The van der Waals surface area contributed by atoms with Gasteiger partial charge in [0.1, 0.15) is 0 Å². The van der Waals surface area contributed by atoms with Crippen LogP contribution in [0.25, 0.3) is 0 Å². The Hall–Kier alpha value is -1.65. The van der Waals surface area contributed by atoms with E-state index in [1.165, 1.54) is 4.88 Å². The molecule has 0 bridgehead atoms.